The minimum Gasteiger partial charge on any atom is -0.477 e. The second-order valence-electron chi connectivity index (χ2n) is 5.33. The summed E-state index contributed by atoms with van der Waals surface area (Å²) >= 11 is 0. The number of aromatic carboxylic acids is 1. The second-order valence-corrected chi connectivity index (χ2v) is 5.33. The van der Waals surface area contributed by atoms with Gasteiger partial charge in [-0.2, -0.15) is 0 Å². The fourth-order valence-corrected chi connectivity index (χ4v) is 2.31. The fraction of sp³-hybridized carbons (Fsp3) is 0.400. The zero-order valence-corrected chi connectivity index (χ0v) is 12.5. The van der Waals surface area contributed by atoms with E-state index in [-0.39, 0.29) is 18.0 Å². The minimum absolute atomic E-state index is 0.0982. The molecule has 0 atom stereocenters. The van der Waals surface area contributed by atoms with E-state index in [1.807, 2.05) is 13.8 Å². The van der Waals surface area contributed by atoms with Gasteiger partial charge >= 0.3 is 5.97 Å². The number of hydrogen-bond donors (Lipinski definition) is 1. The third-order valence-electron chi connectivity index (χ3n) is 3.53. The molecule has 0 saturated heterocycles. The summed E-state index contributed by atoms with van der Waals surface area (Å²) in [5, 5.41) is 13.0. The molecule has 0 aliphatic rings. The Morgan fingerprint density at radius 1 is 1.38 bits per heavy atom. The van der Waals surface area contributed by atoms with Gasteiger partial charge in [-0.1, -0.05) is 19.0 Å². The summed E-state index contributed by atoms with van der Waals surface area (Å²) < 4.78 is 6.59. The summed E-state index contributed by atoms with van der Waals surface area (Å²) in [6.07, 6.45) is 0. The van der Waals surface area contributed by atoms with Crippen molar-refractivity contribution in [2.45, 2.75) is 40.2 Å². The van der Waals surface area contributed by atoms with Crippen LogP contribution < -0.4 is 5.56 Å². The standard InChI is InChI=1S/C15H18N2O4/c1-8(2)13-6-5-11(15(19)20)14(18)17(13)7-12-9(3)16-21-10(12)4/h5-6,8H,7H2,1-4H3,(H,19,20). The van der Waals surface area contributed by atoms with Crippen molar-refractivity contribution in [1.29, 1.82) is 0 Å². The molecule has 1 N–H and O–H groups in total. The van der Waals surface area contributed by atoms with Crippen molar-refractivity contribution in [1.82, 2.24) is 9.72 Å². The first-order chi connectivity index (χ1) is 9.82. The molecule has 0 fully saturated rings. The van der Waals surface area contributed by atoms with Crippen molar-refractivity contribution in [3.05, 3.63) is 50.8 Å². The lowest BCUT2D eigenvalue weighted by molar-refractivity contribution is 0.0694. The monoisotopic (exact) mass is 290 g/mol. The number of carboxylic acid groups (broad SMARTS) is 1. The maximum absolute atomic E-state index is 12.4. The van der Waals surface area contributed by atoms with Gasteiger partial charge in [0.2, 0.25) is 0 Å². The minimum atomic E-state index is -1.22. The molecule has 2 aromatic rings. The maximum Gasteiger partial charge on any atom is 0.341 e. The van der Waals surface area contributed by atoms with Crippen molar-refractivity contribution in [2.24, 2.45) is 0 Å². The molecule has 0 radical (unpaired) electrons. The Bertz CT molecular complexity index is 721. The maximum atomic E-state index is 12.4. The van der Waals surface area contributed by atoms with E-state index in [9.17, 15) is 9.59 Å². The van der Waals surface area contributed by atoms with Crippen molar-refractivity contribution in [2.75, 3.05) is 0 Å². The lowest BCUT2D eigenvalue weighted by Gasteiger charge is -2.16. The molecule has 2 rings (SSSR count). The van der Waals surface area contributed by atoms with Gasteiger partial charge in [0, 0.05) is 11.3 Å². The summed E-state index contributed by atoms with van der Waals surface area (Å²) in [5.74, 6) is -0.487. The first kappa shape index (κ1) is 15.0. The topological polar surface area (TPSA) is 85.3 Å². The highest BCUT2D eigenvalue weighted by atomic mass is 16.5. The van der Waals surface area contributed by atoms with Crippen molar-refractivity contribution >= 4 is 5.97 Å². The van der Waals surface area contributed by atoms with Crippen LogP contribution in [0.15, 0.2) is 21.5 Å². The number of pyridine rings is 1. The molecule has 0 amide bonds. The molecule has 0 aromatic carbocycles. The van der Waals surface area contributed by atoms with E-state index in [0.29, 0.717) is 11.5 Å². The van der Waals surface area contributed by atoms with Crippen LogP contribution in [0.1, 0.15) is 52.8 Å². The quantitative estimate of drug-likeness (QED) is 0.934. The normalized spacial score (nSPS) is 11.1. The number of carbonyl (C=O) groups is 1. The predicted octanol–water partition coefficient (Wildman–Crippen LogP) is 2.32. The number of hydrogen-bond acceptors (Lipinski definition) is 4. The van der Waals surface area contributed by atoms with Crippen molar-refractivity contribution in [3.63, 3.8) is 0 Å². The summed E-state index contributed by atoms with van der Waals surface area (Å²) in [6.45, 7) is 7.75. The highest BCUT2D eigenvalue weighted by Crippen LogP contribution is 2.18. The number of nitrogens with zero attached hydrogens (tertiary/aromatic N) is 2. The number of carboxylic acids is 1. The zero-order chi connectivity index (χ0) is 15.7. The van der Waals surface area contributed by atoms with Gasteiger partial charge in [0.05, 0.1) is 12.2 Å². The van der Waals surface area contributed by atoms with Crippen LogP contribution in [0.5, 0.6) is 0 Å². The van der Waals surface area contributed by atoms with Gasteiger partial charge in [0.1, 0.15) is 11.3 Å². The first-order valence-electron chi connectivity index (χ1n) is 6.71. The van der Waals surface area contributed by atoms with Crippen LogP contribution >= 0.6 is 0 Å². The molecule has 0 aliphatic carbocycles. The molecule has 112 valence electrons. The van der Waals surface area contributed by atoms with E-state index in [4.69, 9.17) is 9.63 Å². The fourth-order valence-electron chi connectivity index (χ4n) is 2.31. The van der Waals surface area contributed by atoms with Crippen LogP contribution in [0.25, 0.3) is 0 Å². The molecule has 2 heterocycles. The van der Waals surface area contributed by atoms with Gasteiger partial charge < -0.3 is 14.2 Å². The van der Waals surface area contributed by atoms with Crippen molar-refractivity contribution < 1.29 is 14.4 Å². The van der Waals surface area contributed by atoms with Gasteiger partial charge in [-0.15, -0.1) is 0 Å². The summed E-state index contributed by atoms with van der Waals surface area (Å²) in [6, 6.07) is 3.05. The van der Waals surface area contributed by atoms with E-state index in [2.05, 4.69) is 5.16 Å². The Balaban J connectivity index is 2.62. The molecule has 0 bridgehead atoms. The Hall–Kier alpha value is -2.37. The molecule has 2 aromatic heterocycles. The largest absolute Gasteiger partial charge is 0.477 e. The number of rotatable bonds is 4. The Morgan fingerprint density at radius 3 is 2.52 bits per heavy atom. The summed E-state index contributed by atoms with van der Waals surface area (Å²) in [7, 11) is 0. The van der Waals surface area contributed by atoms with E-state index < -0.39 is 11.5 Å². The van der Waals surface area contributed by atoms with Gasteiger partial charge in [0.25, 0.3) is 5.56 Å². The van der Waals surface area contributed by atoms with Gasteiger partial charge in [-0.25, -0.2) is 4.79 Å². The third kappa shape index (κ3) is 2.74. The van der Waals surface area contributed by atoms with Crippen LogP contribution in [0, 0.1) is 13.8 Å². The molecular formula is C15H18N2O4. The average molecular weight is 290 g/mol. The molecule has 6 nitrogen and oxygen atoms in total. The highest BCUT2D eigenvalue weighted by Gasteiger charge is 2.18. The van der Waals surface area contributed by atoms with Crippen LogP contribution in [0.3, 0.4) is 0 Å². The van der Waals surface area contributed by atoms with Crippen molar-refractivity contribution in [3.8, 4) is 0 Å². The molecular weight excluding hydrogens is 272 g/mol. The van der Waals surface area contributed by atoms with E-state index in [1.165, 1.54) is 10.6 Å². The van der Waals surface area contributed by atoms with Gasteiger partial charge in [-0.3, -0.25) is 4.79 Å². The zero-order valence-electron chi connectivity index (χ0n) is 12.5. The lowest BCUT2D eigenvalue weighted by Crippen LogP contribution is -2.29. The van der Waals surface area contributed by atoms with Crippen LogP contribution in [0.2, 0.25) is 0 Å². The molecule has 0 aliphatic heterocycles. The van der Waals surface area contributed by atoms with Crippen LogP contribution in [-0.2, 0) is 6.54 Å². The number of aromatic nitrogens is 2. The average Bonchev–Trinajstić information content (AvgIpc) is 2.71. The molecule has 0 saturated carbocycles. The Morgan fingerprint density at radius 2 is 2.05 bits per heavy atom. The Labute approximate surface area is 122 Å². The summed E-state index contributed by atoms with van der Waals surface area (Å²) in [4.78, 5) is 23.6. The van der Waals surface area contributed by atoms with Crippen LogP contribution in [-0.4, -0.2) is 20.8 Å². The lowest BCUT2D eigenvalue weighted by atomic mass is 10.1. The molecule has 6 heteroatoms. The van der Waals surface area contributed by atoms with Gasteiger partial charge in [0.15, 0.2) is 0 Å². The second kappa shape index (κ2) is 5.55. The van der Waals surface area contributed by atoms with Crippen LogP contribution in [0.4, 0.5) is 0 Å². The first-order valence-corrected chi connectivity index (χ1v) is 6.71. The summed E-state index contributed by atoms with van der Waals surface area (Å²) in [5.41, 5.74) is 1.56. The highest BCUT2D eigenvalue weighted by molar-refractivity contribution is 5.87. The molecule has 0 unspecified atom stereocenters. The van der Waals surface area contributed by atoms with Gasteiger partial charge in [-0.05, 0) is 31.9 Å². The number of aryl methyl sites for hydroxylation is 2. The predicted molar refractivity (Wildman–Crippen MR) is 76.8 cm³/mol. The van der Waals surface area contributed by atoms with E-state index in [0.717, 1.165) is 11.3 Å². The smallest absolute Gasteiger partial charge is 0.341 e. The van der Waals surface area contributed by atoms with E-state index in [1.54, 1.807) is 19.9 Å². The third-order valence-corrected chi connectivity index (χ3v) is 3.53. The molecule has 21 heavy (non-hydrogen) atoms. The SMILES string of the molecule is Cc1noc(C)c1Cn1c(C(C)C)ccc(C(=O)O)c1=O. The molecule has 0 spiro atoms. The Kier molecular flexibility index (Phi) is 3.97. The van der Waals surface area contributed by atoms with E-state index >= 15 is 0 Å².